The molecule has 1 unspecified atom stereocenters. The van der Waals surface area contributed by atoms with Gasteiger partial charge in [0.25, 0.3) is 5.91 Å². The Hall–Kier alpha value is -0.930. The van der Waals surface area contributed by atoms with Crippen molar-refractivity contribution >= 4 is 29.1 Å². The van der Waals surface area contributed by atoms with Crippen molar-refractivity contribution < 1.29 is 9.53 Å². The van der Waals surface area contributed by atoms with Crippen LogP contribution in [0.25, 0.3) is 0 Å². The third-order valence-electron chi connectivity index (χ3n) is 3.43. The first-order chi connectivity index (χ1) is 9.04. The van der Waals surface area contributed by atoms with Gasteiger partial charge in [-0.1, -0.05) is 17.7 Å². The van der Waals surface area contributed by atoms with Crippen LogP contribution in [0.4, 0.5) is 0 Å². The third kappa shape index (κ3) is 3.54. The van der Waals surface area contributed by atoms with Crippen LogP contribution < -0.4 is 10.1 Å². The van der Waals surface area contributed by atoms with Crippen molar-refractivity contribution in [1.29, 1.82) is 0 Å². The summed E-state index contributed by atoms with van der Waals surface area (Å²) in [6.45, 7) is 1.72. The van der Waals surface area contributed by atoms with E-state index < -0.39 is 6.10 Å². The molecule has 3 nitrogen and oxygen atoms in total. The molecule has 0 aromatic heterocycles. The van der Waals surface area contributed by atoms with Gasteiger partial charge >= 0.3 is 0 Å². The van der Waals surface area contributed by atoms with E-state index in [-0.39, 0.29) is 11.4 Å². The van der Waals surface area contributed by atoms with Crippen LogP contribution in [0.3, 0.4) is 0 Å². The maximum atomic E-state index is 12.1. The number of ether oxygens (including phenoxy) is 1. The Kier molecular flexibility index (Phi) is 4.58. The maximum absolute atomic E-state index is 12.1. The van der Waals surface area contributed by atoms with Gasteiger partial charge in [-0.25, -0.2) is 0 Å². The van der Waals surface area contributed by atoms with Crippen LogP contribution in [-0.4, -0.2) is 23.4 Å². The predicted octanol–water partition coefficient (Wildman–Crippen LogP) is 3.39. The maximum Gasteiger partial charge on any atom is 0.261 e. The summed E-state index contributed by atoms with van der Waals surface area (Å²) >= 11 is 11.8. The number of halogens is 2. The minimum atomic E-state index is -0.570. The molecular weight excluding hydrogens is 285 g/mol. The number of benzene rings is 1. The first-order valence-electron chi connectivity index (χ1n) is 6.35. The quantitative estimate of drug-likeness (QED) is 0.847. The van der Waals surface area contributed by atoms with Gasteiger partial charge in [0, 0.05) is 10.9 Å². The molecule has 1 aromatic carbocycles. The molecule has 0 spiro atoms. The second kappa shape index (κ2) is 6.02. The van der Waals surface area contributed by atoms with Crippen molar-refractivity contribution in [3.63, 3.8) is 0 Å². The molecule has 1 N–H and O–H groups in total. The van der Waals surface area contributed by atoms with Gasteiger partial charge in [-0.15, -0.1) is 11.6 Å². The smallest absolute Gasteiger partial charge is 0.261 e. The fourth-order valence-electron chi connectivity index (χ4n) is 2.06. The molecule has 1 aromatic rings. The van der Waals surface area contributed by atoms with Gasteiger partial charge in [-0.2, -0.15) is 0 Å². The van der Waals surface area contributed by atoms with Gasteiger partial charge < -0.3 is 10.1 Å². The van der Waals surface area contributed by atoms with Crippen molar-refractivity contribution in [2.45, 2.75) is 37.8 Å². The minimum Gasteiger partial charge on any atom is -0.481 e. The highest BCUT2D eigenvalue weighted by Crippen LogP contribution is 2.33. The van der Waals surface area contributed by atoms with Crippen LogP contribution in [0.1, 0.15) is 26.2 Å². The van der Waals surface area contributed by atoms with Gasteiger partial charge in [0.1, 0.15) is 5.75 Å². The van der Waals surface area contributed by atoms with Crippen LogP contribution in [0.5, 0.6) is 5.75 Å². The van der Waals surface area contributed by atoms with Crippen molar-refractivity contribution in [1.82, 2.24) is 5.32 Å². The Labute approximate surface area is 123 Å². The molecule has 19 heavy (non-hydrogen) atoms. The van der Waals surface area contributed by atoms with Crippen molar-refractivity contribution in [2.75, 3.05) is 5.88 Å². The van der Waals surface area contributed by atoms with E-state index in [4.69, 9.17) is 27.9 Å². The van der Waals surface area contributed by atoms with E-state index in [0.717, 1.165) is 19.3 Å². The number of hydrogen-bond donors (Lipinski definition) is 1. The zero-order valence-electron chi connectivity index (χ0n) is 10.8. The lowest BCUT2D eigenvalue weighted by Crippen LogP contribution is -2.57. The number of carbonyl (C=O) groups is 1. The van der Waals surface area contributed by atoms with E-state index in [1.165, 1.54) is 0 Å². The molecule has 1 aliphatic rings. The molecule has 0 heterocycles. The Morgan fingerprint density at radius 1 is 1.53 bits per heavy atom. The summed E-state index contributed by atoms with van der Waals surface area (Å²) in [4.78, 5) is 12.1. The van der Waals surface area contributed by atoms with E-state index in [1.54, 1.807) is 31.2 Å². The van der Waals surface area contributed by atoms with Crippen LogP contribution in [0.15, 0.2) is 24.3 Å². The number of carbonyl (C=O) groups excluding carboxylic acids is 1. The fourth-order valence-corrected chi connectivity index (χ4v) is 2.57. The summed E-state index contributed by atoms with van der Waals surface area (Å²) in [5.41, 5.74) is -0.232. The molecule has 0 bridgehead atoms. The average molecular weight is 302 g/mol. The Morgan fingerprint density at radius 3 is 2.79 bits per heavy atom. The molecule has 0 saturated heterocycles. The average Bonchev–Trinajstić information content (AvgIpc) is 2.33. The number of nitrogens with one attached hydrogen (secondary N) is 1. The Bertz CT molecular complexity index is 455. The first kappa shape index (κ1) is 14.5. The van der Waals surface area contributed by atoms with Crippen molar-refractivity contribution in [3.05, 3.63) is 29.3 Å². The largest absolute Gasteiger partial charge is 0.481 e. The second-order valence-corrected chi connectivity index (χ2v) is 5.68. The van der Waals surface area contributed by atoms with E-state index in [9.17, 15) is 4.79 Å². The standard InChI is InChI=1S/C14H17Cl2NO2/c1-10(19-12-5-2-4-11(16)8-12)13(18)17-14(9-15)6-3-7-14/h2,4-5,8,10H,3,6-7,9H2,1H3,(H,17,18). The molecular formula is C14H17Cl2NO2. The van der Waals surface area contributed by atoms with Crippen molar-refractivity contribution in [3.8, 4) is 5.75 Å². The Balaban J connectivity index is 1.92. The molecule has 0 radical (unpaired) electrons. The van der Waals surface area contributed by atoms with Gasteiger partial charge in [0.05, 0.1) is 5.54 Å². The number of alkyl halides is 1. The highest BCUT2D eigenvalue weighted by molar-refractivity contribution is 6.30. The fraction of sp³-hybridized carbons (Fsp3) is 0.500. The number of rotatable bonds is 5. The SMILES string of the molecule is CC(Oc1cccc(Cl)c1)C(=O)NC1(CCl)CCC1. The summed E-state index contributed by atoms with van der Waals surface area (Å²) in [7, 11) is 0. The van der Waals surface area contributed by atoms with Gasteiger partial charge in [0.2, 0.25) is 0 Å². The van der Waals surface area contributed by atoms with E-state index >= 15 is 0 Å². The zero-order chi connectivity index (χ0) is 13.9. The molecule has 1 amide bonds. The normalized spacial score (nSPS) is 18.3. The third-order valence-corrected chi connectivity index (χ3v) is 4.18. The monoisotopic (exact) mass is 301 g/mol. The summed E-state index contributed by atoms with van der Waals surface area (Å²) in [6, 6.07) is 7.01. The summed E-state index contributed by atoms with van der Waals surface area (Å²) in [6.07, 6.45) is 2.41. The number of hydrogen-bond acceptors (Lipinski definition) is 2. The van der Waals surface area contributed by atoms with Crippen LogP contribution in [0.2, 0.25) is 5.02 Å². The van der Waals surface area contributed by atoms with E-state index in [1.807, 2.05) is 0 Å². The summed E-state index contributed by atoms with van der Waals surface area (Å²) in [5, 5.41) is 3.57. The van der Waals surface area contributed by atoms with E-state index in [2.05, 4.69) is 5.32 Å². The topological polar surface area (TPSA) is 38.3 Å². The summed E-state index contributed by atoms with van der Waals surface area (Å²) < 4.78 is 5.58. The molecule has 0 aliphatic heterocycles. The van der Waals surface area contributed by atoms with Crippen LogP contribution >= 0.6 is 23.2 Å². The summed E-state index contributed by atoms with van der Waals surface area (Å²) in [5.74, 6) is 0.895. The first-order valence-corrected chi connectivity index (χ1v) is 7.26. The van der Waals surface area contributed by atoms with Gasteiger partial charge in [-0.3, -0.25) is 4.79 Å². The lowest BCUT2D eigenvalue weighted by Gasteiger charge is -2.41. The highest BCUT2D eigenvalue weighted by atomic mass is 35.5. The molecule has 5 heteroatoms. The van der Waals surface area contributed by atoms with Gasteiger partial charge in [0.15, 0.2) is 6.10 Å². The molecule has 104 valence electrons. The van der Waals surface area contributed by atoms with Crippen LogP contribution in [-0.2, 0) is 4.79 Å². The molecule has 1 saturated carbocycles. The molecule has 1 aliphatic carbocycles. The molecule has 2 rings (SSSR count). The highest BCUT2D eigenvalue weighted by Gasteiger charge is 2.38. The van der Waals surface area contributed by atoms with Gasteiger partial charge in [-0.05, 0) is 44.4 Å². The minimum absolute atomic E-state index is 0.139. The predicted molar refractivity (Wildman–Crippen MR) is 77.0 cm³/mol. The number of amides is 1. The lowest BCUT2D eigenvalue weighted by atomic mass is 9.78. The molecule has 1 atom stereocenters. The Morgan fingerprint density at radius 2 is 2.26 bits per heavy atom. The van der Waals surface area contributed by atoms with Crippen molar-refractivity contribution in [2.24, 2.45) is 0 Å². The lowest BCUT2D eigenvalue weighted by molar-refractivity contribution is -0.130. The molecule has 1 fully saturated rings. The van der Waals surface area contributed by atoms with Crippen LogP contribution in [0, 0.1) is 0 Å². The zero-order valence-corrected chi connectivity index (χ0v) is 12.3. The van der Waals surface area contributed by atoms with E-state index in [0.29, 0.717) is 16.7 Å². The second-order valence-electron chi connectivity index (χ2n) is 4.97.